The summed E-state index contributed by atoms with van der Waals surface area (Å²) >= 11 is 1.64. The van der Waals surface area contributed by atoms with Gasteiger partial charge in [0.2, 0.25) is 0 Å². The molecule has 0 aliphatic carbocycles. The molecule has 0 aromatic heterocycles. The Morgan fingerprint density at radius 3 is 2.62 bits per heavy atom. The third kappa shape index (κ3) is 4.29. The highest BCUT2D eigenvalue weighted by atomic mass is 32.2. The van der Waals surface area contributed by atoms with E-state index in [1.54, 1.807) is 23.9 Å². The van der Waals surface area contributed by atoms with E-state index < -0.39 is 11.6 Å². The number of nitrogens with one attached hydrogen (secondary N) is 1. The number of rotatable bonds is 6. The van der Waals surface area contributed by atoms with Gasteiger partial charge in [-0.2, -0.15) is 0 Å². The molecule has 0 bridgehead atoms. The van der Waals surface area contributed by atoms with Crippen LogP contribution < -0.4 is 5.32 Å². The standard InChI is InChI=1S/C17H19F2NS/c1-3-20-16(14-8-5-9-15(18)17(14)19)11-21-13-7-4-6-12(2)10-13/h4-10,16,20H,3,11H2,1-2H3. The zero-order valence-electron chi connectivity index (χ0n) is 12.2. The maximum Gasteiger partial charge on any atom is 0.163 e. The summed E-state index contributed by atoms with van der Waals surface area (Å²) in [6.45, 7) is 4.70. The van der Waals surface area contributed by atoms with Gasteiger partial charge in [0.1, 0.15) is 0 Å². The zero-order valence-corrected chi connectivity index (χ0v) is 13.0. The highest BCUT2D eigenvalue weighted by molar-refractivity contribution is 7.99. The van der Waals surface area contributed by atoms with Gasteiger partial charge in [-0.25, -0.2) is 8.78 Å². The first-order chi connectivity index (χ1) is 10.1. The van der Waals surface area contributed by atoms with Crippen LogP contribution in [0.15, 0.2) is 47.4 Å². The second kappa shape index (κ2) is 7.57. The average molecular weight is 307 g/mol. The second-order valence-electron chi connectivity index (χ2n) is 4.88. The van der Waals surface area contributed by atoms with Crippen LogP contribution in [0.2, 0.25) is 0 Å². The molecule has 21 heavy (non-hydrogen) atoms. The molecule has 4 heteroatoms. The Kier molecular flexibility index (Phi) is 5.76. The quantitative estimate of drug-likeness (QED) is 0.775. The van der Waals surface area contributed by atoms with Gasteiger partial charge in [-0.15, -0.1) is 11.8 Å². The molecule has 112 valence electrons. The molecule has 0 fully saturated rings. The van der Waals surface area contributed by atoms with Gasteiger partial charge in [0.25, 0.3) is 0 Å². The SMILES string of the molecule is CCNC(CSc1cccc(C)c1)c1cccc(F)c1F. The van der Waals surface area contributed by atoms with Crippen LogP contribution in [0.3, 0.4) is 0 Å². The number of thioether (sulfide) groups is 1. The van der Waals surface area contributed by atoms with E-state index in [-0.39, 0.29) is 6.04 Å². The molecule has 0 saturated carbocycles. The van der Waals surface area contributed by atoms with Gasteiger partial charge < -0.3 is 5.32 Å². The Labute approximate surface area is 128 Å². The number of hydrogen-bond acceptors (Lipinski definition) is 2. The largest absolute Gasteiger partial charge is 0.309 e. The molecule has 0 saturated heterocycles. The highest BCUT2D eigenvalue weighted by Crippen LogP contribution is 2.27. The first kappa shape index (κ1) is 16.0. The third-order valence-corrected chi connectivity index (χ3v) is 4.30. The minimum Gasteiger partial charge on any atom is -0.309 e. The van der Waals surface area contributed by atoms with Crippen molar-refractivity contribution in [3.05, 3.63) is 65.2 Å². The van der Waals surface area contributed by atoms with E-state index in [2.05, 4.69) is 11.4 Å². The summed E-state index contributed by atoms with van der Waals surface area (Å²) in [5.41, 5.74) is 1.58. The normalized spacial score (nSPS) is 12.4. The Morgan fingerprint density at radius 2 is 1.90 bits per heavy atom. The molecule has 0 aliphatic rings. The number of aryl methyl sites for hydroxylation is 1. The monoisotopic (exact) mass is 307 g/mol. The topological polar surface area (TPSA) is 12.0 Å². The fraction of sp³-hybridized carbons (Fsp3) is 0.294. The summed E-state index contributed by atoms with van der Waals surface area (Å²) in [6, 6.07) is 12.3. The molecule has 1 nitrogen and oxygen atoms in total. The van der Waals surface area contributed by atoms with E-state index in [4.69, 9.17) is 0 Å². The Balaban J connectivity index is 2.14. The van der Waals surface area contributed by atoms with Crippen LogP contribution in [0, 0.1) is 18.6 Å². The molecular weight excluding hydrogens is 288 g/mol. The zero-order chi connectivity index (χ0) is 15.2. The summed E-state index contributed by atoms with van der Waals surface area (Å²) in [5, 5.41) is 3.22. The van der Waals surface area contributed by atoms with Gasteiger partial charge in [-0.3, -0.25) is 0 Å². The van der Waals surface area contributed by atoms with E-state index in [1.165, 1.54) is 5.56 Å². The number of hydrogen-bond donors (Lipinski definition) is 1. The van der Waals surface area contributed by atoms with Crippen molar-refractivity contribution in [3.8, 4) is 0 Å². The van der Waals surface area contributed by atoms with Crippen molar-refractivity contribution >= 4 is 11.8 Å². The molecule has 2 rings (SSSR count). The van der Waals surface area contributed by atoms with Crippen LogP contribution in [-0.2, 0) is 0 Å². The smallest absolute Gasteiger partial charge is 0.163 e. The van der Waals surface area contributed by atoms with E-state index in [1.807, 2.05) is 32.0 Å². The average Bonchev–Trinajstić information content (AvgIpc) is 2.47. The molecule has 1 unspecified atom stereocenters. The molecule has 2 aromatic rings. The van der Waals surface area contributed by atoms with Crippen LogP contribution in [0.5, 0.6) is 0 Å². The number of halogens is 2. The summed E-state index contributed by atoms with van der Waals surface area (Å²) in [6.07, 6.45) is 0. The predicted octanol–water partition coefficient (Wildman–Crippen LogP) is 4.72. The molecule has 0 aliphatic heterocycles. The lowest BCUT2D eigenvalue weighted by Crippen LogP contribution is -2.24. The molecule has 0 spiro atoms. The molecule has 0 radical (unpaired) electrons. The minimum atomic E-state index is -0.795. The second-order valence-corrected chi connectivity index (χ2v) is 5.97. The summed E-state index contributed by atoms with van der Waals surface area (Å²) < 4.78 is 27.3. The molecule has 2 aromatic carbocycles. The van der Waals surface area contributed by atoms with E-state index in [0.29, 0.717) is 17.9 Å². The van der Waals surface area contributed by atoms with Gasteiger partial charge in [0.05, 0.1) is 0 Å². The lowest BCUT2D eigenvalue weighted by molar-refractivity contribution is 0.478. The Hall–Kier alpha value is -1.39. The van der Waals surface area contributed by atoms with Crippen molar-refractivity contribution < 1.29 is 8.78 Å². The van der Waals surface area contributed by atoms with Gasteiger partial charge in [-0.1, -0.05) is 36.8 Å². The lowest BCUT2D eigenvalue weighted by atomic mass is 10.1. The Bertz CT molecular complexity index is 601. The van der Waals surface area contributed by atoms with Crippen LogP contribution in [0.4, 0.5) is 8.78 Å². The molecule has 1 atom stereocenters. The van der Waals surface area contributed by atoms with Crippen molar-refractivity contribution in [3.63, 3.8) is 0 Å². The van der Waals surface area contributed by atoms with Crippen molar-refractivity contribution in [1.29, 1.82) is 0 Å². The van der Waals surface area contributed by atoms with Crippen molar-refractivity contribution in [2.24, 2.45) is 0 Å². The maximum absolute atomic E-state index is 13.9. The van der Waals surface area contributed by atoms with E-state index in [0.717, 1.165) is 11.0 Å². The summed E-state index contributed by atoms with van der Waals surface area (Å²) in [5.74, 6) is -0.901. The van der Waals surface area contributed by atoms with Crippen LogP contribution in [-0.4, -0.2) is 12.3 Å². The van der Waals surface area contributed by atoms with Gasteiger partial charge in [-0.05, 0) is 31.7 Å². The van der Waals surface area contributed by atoms with Crippen LogP contribution in [0.25, 0.3) is 0 Å². The van der Waals surface area contributed by atoms with Crippen molar-refractivity contribution in [1.82, 2.24) is 5.32 Å². The third-order valence-electron chi connectivity index (χ3n) is 3.21. The maximum atomic E-state index is 13.9. The van der Waals surface area contributed by atoms with E-state index >= 15 is 0 Å². The first-order valence-electron chi connectivity index (χ1n) is 6.98. The molecular formula is C17H19F2NS. The van der Waals surface area contributed by atoms with Gasteiger partial charge >= 0.3 is 0 Å². The van der Waals surface area contributed by atoms with Crippen LogP contribution in [0.1, 0.15) is 24.1 Å². The van der Waals surface area contributed by atoms with Crippen molar-refractivity contribution in [2.75, 3.05) is 12.3 Å². The Morgan fingerprint density at radius 1 is 1.14 bits per heavy atom. The molecule has 0 heterocycles. The fourth-order valence-corrected chi connectivity index (χ4v) is 3.28. The van der Waals surface area contributed by atoms with Gasteiger partial charge in [0, 0.05) is 22.3 Å². The molecule has 1 N–H and O–H groups in total. The van der Waals surface area contributed by atoms with Crippen molar-refractivity contribution in [2.45, 2.75) is 24.8 Å². The predicted molar refractivity (Wildman–Crippen MR) is 84.7 cm³/mol. The van der Waals surface area contributed by atoms with Gasteiger partial charge in [0.15, 0.2) is 11.6 Å². The lowest BCUT2D eigenvalue weighted by Gasteiger charge is -2.19. The van der Waals surface area contributed by atoms with E-state index in [9.17, 15) is 8.78 Å². The minimum absolute atomic E-state index is 0.212. The number of benzene rings is 2. The first-order valence-corrected chi connectivity index (χ1v) is 7.97. The highest BCUT2D eigenvalue weighted by Gasteiger charge is 2.17. The van der Waals surface area contributed by atoms with Crippen LogP contribution >= 0.6 is 11.8 Å². The summed E-state index contributed by atoms with van der Waals surface area (Å²) in [7, 11) is 0. The summed E-state index contributed by atoms with van der Waals surface area (Å²) in [4.78, 5) is 1.13. The molecule has 0 amide bonds. The fourth-order valence-electron chi connectivity index (χ4n) is 2.18.